The number of aromatic nitrogens is 1. The first kappa shape index (κ1) is 12.8. The minimum Gasteiger partial charge on any atom is -0.383 e. The fraction of sp³-hybridized carbons (Fsp3) is 0.167. The molecule has 15 heavy (non-hydrogen) atoms. The number of alkyl halides is 2. The number of nitrogens with two attached hydrogens (primary N) is 1. The van der Waals surface area contributed by atoms with E-state index in [0.717, 1.165) is 6.07 Å². The molecule has 0 aromatic carbocycles. The third kappa shape index (κ3) is 2.88. The molecule has 0 fully saturated rings. The molecule has 0 saturated carbocycles. The second kappa shape index (κ2) is 4.34. The van der Waals surface area contributed by atoms with Gasteiger partial charge in [-0.15, -0.1) is 0 Å². The molecule has 84 valence electrons. The maximum atomic E-state index is 12.5. The fourth-order valence-electron chi connectivity index (χ4n) is 0.968. The molecule has 0 aliphatic heterocycles. The summed E-state index contributed by atoms with van der Waals surface area (Å²) in [5.74, 6) is -0.521. The van der Waals surface area contributed by atoms with E-state index in [0.29, 0.717) is 0 Å². The number of halogens is 4. The van der Waals surface area contributed by atoms with Gasteiger partial charge in [0.1, 0.15) is 14.4 Å². The Morgan fingerprint density at radius 1 is 1.53 bits per heavy atom. The van der Waals surface area contributed by atoms with Gasteiger partial charge in [-0.25, -0.2) is 22.2 Å². The Hall–Kier alpha value is -0.220. The van der Waals surface area contributed by atoms with Crippen molar-refractivity contribution in [1.82, 2.24) is 4.98 Å². The lowest BCUT2D eigenvalue weighted by Gasteiger charge is -2.08. The minimum atomic E-state index is -4.32. The molecular weight excluding hydrogens is 364 g/mol. The predicted octanol–water partition coefficient (Wildman–Crippen LogP) is 2.13. The van der Waals surface area contributed by atoms with Crippen LogP contribution in [-0.2, 0) is 9.05 Å². The standard InChI is InChI=1S/C6H4ClF2IN2O2S/c7-15(13,14)4-2(5(8)9)1-3(10)12-6(4)11/h1,5H,(H2,11,12). The first-order chi connectivity index (χ1) is 6.73. The zero-order chi connectivity index (χ0) is 11.8. The van der Waals surface area contributed by atoms with Crippen molar-refractivity contribution >= 4 is 48.1 Å². The van der Waals surface area contributed by atoms with Gasteiger partial charge in [-0.05, 0) is 28.7 Å². The summed E-state index contributed by atoms with van der Waals surface area (Å²) >= 11 is 1.65. The highest BCUT2D eigenvalue weighted by Crippen LogP contribution is 2.32. The maximum Gasteiger partial charge on any atom is 0.265 e. The summed E-state index contributed by atoms with van der Waals surface area (Å²) in [6.07, 6.45) is -2.98. The van der Waals surface area contributed by atoms with E-state index in [9.17, 15) is 17.2 Å². The minimum absolute atomic E-state index is 0.171. The van der Waals surface area contributed by atoms with Crippen LogP contribution in [0.15, 0.2) is 11.0 Å². The summed E-state index contributed by atoms with van der Waals surface area (Å²) in [5.41, 5.74) is 4.50. The van der Waals surface area contributed by atoms with Crippen molar-refractivity contribution in [2.45, 2.75) is 11.3 Å². The Morgan fingerprint density at radius 3 is 2.47 bits per heavy atom. The number of nitrogens with zero attached hydrogens (tertiary/aromatic N) is 1. The number of pyridine rings is 1. The smallest absolute Gasteiger partial charge is 0.265 e. The van der Waals surface area contributed by atoms with Gasteiger partial charge in [0.25, 0.3) is 15.5 Å². The Bertz CT molecular complexity index is 494. The first-order valence-corrected chi connectivity index (χ1v) is 6.81. The average molecular weight is 369 g/mol. The Labute approximate surface area is 102 Å². The van der Waals surface area contributed by atoms with E-state index in [-0.39, 0.29) is 3.70 Å². The fourth-order valence-corrected chi connectivity index (χ4v) is 2.79. The van der Waals surface area contributed by atoms with Gasteiger partial charge in [0.15, 0.2) is 0 Å². The van der Waals surface area contributed by atoms with Crippen LogP contribution >= 0.6 is 33.3 Å². The zero-order valence-corrected chi connectivity index (χ0v) is 10.6. The van der Waals surface area contributed by atoms with E-state index in [1.165, 1.54) is 0 Å². The number of anilines is 1. The molecule has 9 heteroatoms. The van der Waals surface area contributed by atoms with Gasteiger partial charge in [0, 0.05) is 16.2 Å². The molecule has 1 heterocycles. The van der Waals surface area contributed by atoms with E-state index < -0.39 is 31.8 Å². The van der Waals surface area contributed by atoms with Crippen molar-refractivity contribution in [2.24, 2.45) is 0 Å². The van der Waals surface area contributed by atoms with Crippen molar-refractivity contribution in [1.29, 1.82) is 0 Å². The number of hydrogen-bond donors (Lipinski definition) is 1. The summed E-state index contributed by atoms with van der Waals surface area (Å²) in [5, 5.41) is 0. The summed E-state index contributed by atoms with van der Waals surface area (Å²) in [6, 6.07) is 0.927. The Morgan fingerprint density at radius 2 is 2.07 bits per heavy atom. The van der Waals surface area contributed by atoms with Crippen molar-refractivity contribution < 1.29 is 17.2 Å². The molecule has 0 spiro atoms. The van der Waals surface area contributed by atoms with E-state index in [1.54, 1.807) is 22.6 Å². The molecule has 1 aromatic rings. The van der Waals surface area contributed by atoms with Gasteiger partial charge in [-0.2, -0.15) is 0 Å². The Balaban J connectivity index is 3.62. The molecule has 0 bridgehead atoms. The molecule has 0 radical (unpaired) electrons. The van der Waals surface area contributed by atoms with Crippen LogP contribution in [0.3, 0.4) is 0 Å². The lowest BCUT2D eigenvalue weighted by atomic mass is 10.3. The molecule has 0 aliphatic rings. The van der Waals surface area contributed by atoms with Gasteiger partial charge >= 0.3 is 0 Å². The first-order valence-electron chi connectivity index (χ1n) is 3.42. The van der Waals surface area contributed by atoms with Crippen LogP contribution in [0.5, 0.6) is 0 Å². The van der Waals surface area contributed by atoms with Gasteiger partial charge < -0.3 is 5.73 Å². The molecule has 0 aliphatic carbocycles. The summed E-state index contributed by atoms with van der Waals surface area (Å²) < 4.78 is 47.2. The number of nitrogen functional groups attached to an aromatic ring is 1. The van der Waals surface area contributed by atoms with Crippen LogP contribution in [0, 0.1) is 3.70 Å². The van der Waals surface area contributed by atoms with Crippen LogP contribution in [0.2, 0.25) is 0 Å². The van der Waals surface area contributed by atoms with E-state index >= 15 is 0 Å². The van der Waals surface area contributed by atoms with Gasteiger partial charge in [0.2, 0.25) is 0 Å². The summed E-state index contributed by atoms with van der Waals surface area (Å²) in [7, 11) is 0.657. The van der Waals surface area contributed by atoms with Crippen molar-refractivity contribution in [2.75, 3.05) is 5.73 Å². The third-order valence-corrected chi connectivity index (χ3v) is 3.42. The van der Waals surface area contributed by atoms with Crippen LogP contribution in [0.25, 0.3) is 0 Å². The summed E-state index contributed by atoms with van der Waals surface area (Å²) in [4.78, 5) is 2.73. The Kier molecular flexibility index (Phi) is 3.71. The van der Waals surface area contributed by atoms with E-state index in [1.807, 2.05) is 0 Å². The molecule has 0 amide bonds. The zero-order valence-electron chi connectivity index (χ0n) is 6.92. The molecule has 2 N–H and O–H groups in total. The van der Waals surface area contributed by atoms with Crippen LogP contribution in [0.1, 0.15) is 12.0 Å². The molecule has 0 saturated heterocycles. The highest BCUT2D eigenvalue weighted by atomic mass is 127. The van der Waals surface area contributed by atoms with Crippen molar-refractivity contribution in [3.05, 3.63) is 15.3 Å². The van der Waals surface area contributed by atoms with Crippen LogP contribution in [-0.4, -0.2) is 13.4 Å². The molecule has 1 rings (SSSR count). The molecule has 0 unspecified atom stereocenters. The molecule has 4 nitrogen and oxygen atoms in total. The maximum absolute atomic E-state index is 12.5. The average Bonchev–Trinajstić information content (AvgIpc) is 1.99. The van der Waals surface area contributed by atoms with Gasteiger partial charge in [-0.3, -0.25) is 0 Å². The molecular formula is C6H4ClF2IN2O2S. The van der Waals surface area contributed by atoms with Gasteiger partial charge in [-0.1, -0.05) is 0 Å². The SMILES string of the molecule is Nc1nc(I)cc(C(F)F)c1S(=O)(=O)Cl. The topological polar surface area (TPSA) is 73.0 Å². The van der Waals surface area contributed by atoms with Crippen LogP contribution in [0.4, 0.5) is 14.6 Å². The highest BCUT2D eigenvalue weighted by Gasteiger charge is 2.26. The molecule has 1 aromatic heterocycles. The van der Waals surface area contributed by atoms with Gasteiger partial charge in [0.05, 0.1) is 0 Å². The predicted molar refractivity (Wildman–Crippen MR) is 59.4 cm³/mol. The van der Waals surface area contributed by atoms with Crippen molar-refractivity contribution in [3.8, 4) is 0 Å². The second-order valence-corrected chi connectivity index (χ2v) is 6.10. The lowest BCUT2D eigenvalue weighted by molar-refractivity contribution is 0.148. The normalized spacial score (nSPS) is 12.1. The van der Waals surface area contributed by atoms with E-state index in [4.69, 9.17) is 16.4 Å². The van der Waals surface area contributed by atoms with E-state index in [2.05, 4.69) is 4.98 Å². The number of rotatable bonds is 2. The highest BCUT2D eigenvalue weighted by molar-refractivity contribution is 14.1. The largest absolute Gasteiger partial charge is 0.383 e. The number of hydrogen-bond acceptors (Lipinski definition) is 4. The molecule has 0 atom stereocenters. The monoisotopic (exact) mass is 368 g/mol. The quantitative estimate of drug-likeness (QED) is 0.493. The van der Waals surface area contributed by atoms with Crippen molar-refractivity contribution in [3.63, 3.8) is 0 Å². The second-order valence-electron chi connectivity index (χ2n) is 2.49. The third-order valence-electron chi connectivity index (χ3n) is 1.48. The van der Waals surface area contributed by atoms with Crippen LogP contribution < -0.4 is 5.73 Å². The lowest BCUT2D eigenvalue weighted by Crippen LogP contribution is -2.07. The summed E-state index contributed by atoms with van der Waals surface area (Å²) in [6.45, 7) is 0.